The number of hydrogen-bond acceptors (Lipinski definition) is 6. The molecule has 31 heavy (non-hydrogen) atoms. The van der Waals surface area contributed by atoms with Crippen LogP contribution in [0.25, 0.3) is 21.5 Å². The number of furan rings is 1. The second kappa shape index (κ2) is 7.79. The van der Waals surface area contributed by atoms with Crippen LogP contribution in [0.4, 0.5) is 0 Å². The van der Waals surface area contributed by atoms with Gasteiger partial charge in [0, 0.05) is 10.4 Å². The van der Waals surface area contributed by atoms with Gasteiger partial charge in [0.1, 0.15) is 22.7 Å². The lowest BCUT2D eigenvalue weighted by atomic mass is 9.97. The number of fused-ring (bicyclic) bond motifs is 3. The first-order valence-electron chi connectivity index (χ1n) is 9.70. The fraction of sp³-hybridized carbons (Fsp3) is 0.182. The van der Waals surface area contributed by atoms with E-state index in [9.17, 15) is 9.59 Å². The molecule has 0 saturated carbocycles. The maximum atomic E-state index is 13.0. The van der Waals surface area contributed by atoms with Crippen molar-refractivity contribution in [1.82, 2.24) is 9.66 Å². The van der Waals surface area contributed by atoms with E-state index in [0.717, 1.165) is 36.1 Å². The molecule has 0 radical (unpaired) electrons. The van der Waals surface area contributed by atoms with Gasteiger partial charge >= 0.3 is 5.97 Å². The van der Waals surface area contributed by atoms with Crippen molar-refractivity contribution in [3.05, 3.63) is 73.8 Å². The molecule has 1 aliphatic rings. The largest absolute Gasteiger partial charge is 0.478 e. The minimum atomic E-state index is -1.09. The highest BCUT2D eigenvalue weighted by Crippen LogP contribution is 2.33. The number of nitrogens with zero attached hydrogens (tertiary/aromatic N) is 3. The molecule has 156 valence electrons. The van der Waals surface area contributed by atoms with Crippen LogP contribution in [0.2, 0.25) is 5.02 Å². The fourth-order valence-electron chi connectivity index (χ4n) is 3.76. The average molecular weight is 454 g/mol. The van der Waals surface area contributed by atoms with E-state index in [-0.39, 0.29) is 16.1 Å². The van der Waals surface area contributed by atoms with Gasteiger partial charge in [0.05, 0.1) is 22.2 Å². The number of carbonyl (C=O) groups is 1. The summed E-state index contributed by atoms with van der Waals surface area (Å²) in [5, 5.41) is 14.1. The summed E-state index contributed by atoms with van der Waals surface area (Å²) < 4.78 is 6.99. The van der Waals surface area contributed by atoms with Gasteiger partial charge in [-0.3, -0.25) is 4.79 Å². The summed E-state index contributed by atoms with van der Waals surface area (Å²) in [6, 6.07) is 8.02. The summed E-state index contributed by atoms with van der Waals surface area (Å²) in [6.45, 7) is 0. The SMILES string of the molecule is O=C(O)c1ccc(-c2ccc(C=Nn3cnc4sc5c(c4c3=O)CCCC5)o2)cc1Cl. The van der Waals surface area contributed by atoms with E-state index in [1.807, 2.05) is 0 Å². The first kappa shape index (κ1) is 19.7. The van der Waals surface area contributed by atoms with Crippen LogP contribution in [0.15, 0.2) is 51.0 Å². The van der Waals surface area contributed by atoms with E-state index < -0.39 is 5.97 Å². The molecule has 1 N–H and O–H groups in total. The third-order valence-corrected chi connectivity index (χ3v) is 6.79. The van der Waals surface area contributed by atoms with Gasteiger partial charge in [0.25, 0.3) is 5.56 Å². The molecule has 9 heteroatoms. The number of carboxylic acids is 1. The fourth-order valence-corrected chi connectivity index (χ4v) is 5.24. The van der Waals surface area contributed by atoms with Crippen molar-refractivity contribution in [3.63, 3.8) is 0 Å². The average Bonchev–Trinajstić information content (AvgIpc) is 3.38. The molecule has 1 aromatic carbocycles. The smallest absolute Gasteiger partial charge is 0.337 e. The van der Waals surface area contributed by atoms with Gasteiger partial charge < -0.3 is 9.52 Å². The van der Waals surface area contributed by atoms with Crippen molar-refractivity contribution in [3.8, 4) is 11.3 Å². The molecule has 0 bridgehead atoms. The molecule has 4 aromatic rings. The Bertz CT molecular complexity index is 1420. The van der Waals surface area contributed by atoms with Gasteiger partial charge in [-0.1, -0.05) is 17.7 Å². The summed E-state index contributed by atoms with van der Waals surface area (Å²) in [7, 11) is 0. The molecule has 5 rings (SSSR count). The number of hydrogen-bond donors (Lipinski definition) is 1. The van der Waals surface area contributed by atoms with Crippen LogP contribution in [-0.2, 0) is 12.8 Å². The second-order valence-corrected chi connectivity index (χ2v) is 8.72. The molecule has 3 aromatic heterocycles. The maximum Gasteiger partial charge on any atom is 0.337 e. The normalized spacial score (nSPS) is 13.7. The van der Waals surface area contributed by atoms with Crippen LogP contribution in [0.3, 0.4) is 0 Å². The minimum absolute atomic E-state index is 0.0247. The molecule has 0 fully saturated rings. The Labute approximate surface area is 185 Å². The van der Waals surface area contributed by atoms with Crippen molar-refractivity contribution in [2.75, 3.05) is 0 Å². The molecule has 0 spiro atoms. The van der Waals surface area contributed by atoms with Crippen LogP contribution in [0.5, 0.6) is 0 Å². The Morgan fingerprint density at radius 3 is 2.90 bits per heavy atom. The van der Waals surface area contributed by atoms with Crippen molar-refractivity contribution in [2.24, 2.45) is 5.10 Å². The zero-order valence-electron chi connectivity index (χ0n) is 16.2. The van der Waals surface area contributed by atoms with E-state index in [2.05, 4.69) is 10.1 Å². The number of benzene rings is 1. The lowest BCUT2D eigenvalue weighted by molar-refractivity contribution is 0.0697. The Morgan fingerprint density at radius 1 is 1.26 bits per heavy atom. The first-order chi connectivity index (χ1) is 15.0. The lowest BCUT2D eigenvalue weighted by Crippen LogP contribution is -2.17. The summed E-state index contributed by atoms with van der Waals surface area (Å²) in [6.07, 6.45) is 7.03. The number of aryl methyl sites for hydroxylation is 2. The molecular weight excluding hydrogens is 438 g/mol. The summed E-state index contributed by atoms with van der Waals surface area (Å²) in [4.78, 5) is 30.5. The van der Waals surface area contributed by atoms with E-state index in [4.69, 9.17) is 21.1 Å². The Balaban J connectivity index is 1.44. The predicted molar refractivity (Wildman–Crippen MR) is 120 cm³/mol. The molecule has 0 unspecified atom stereocenters. The number of rotatable bonds is 4. The van der Waals surface area contributed by atoms with Crippen LogP contribution in [0.1, 0.15) is 39.4 Å². The van der Waals surface area contributed by atoms with Crippen LogP contribution in [-0.4, -0.2) is 27.0 Å². The standard InChI is InChI=1S/C22H16ClN3O4S/c23-16-9-12(5-7-14(16)22(28)29)17-8-6-13(30-17)10-25-26-11-24-20-19(21(26)27)15-3-1-2-4-18(15)31-20/h5-11H,1-4H2,(H,28,29). The molecule has 0 amide bonds. The number of carboxylic acid groups (broad SMARTS) is 1. The number of halogens is 1. The molecule has 7 nitrogen and oxygen atoms in total. The van der Waals surface area contributed by atoms with Gasteiger partial charge in [0.15, 0.2) is 0 Å². The molecule has 0 aliphatic heterocycles. The Hall–Kier alpha value is -3.23. The van der Waals surface area contributed by atoms with Crippen molar-refractivity contribution in [2.45, 2.75) is 25.7 Å². The van der Waals surface area contributed by atoms with E-state index in [1.165, 1.54) is 34.2 Å². The van der Waals surface area contributed by atoms with Crippen molar-refractivity contribution in [1.29, 1.82) is 0 Å². The van der Waals surface area contributed by atoms with Crippen molar-refractivity contribution >= 4 is 45.3 Å². The topological polar surface area (TPSA) is 97.7 Å². The van der Waals surface area contributed by atoms with Crippen LogP contribution in [0, 0.1) is 0 Å². The van der Waals surface area contributed by atoms with Gasteiger partial charge in [-0.25, -0.2) is 9.78 Å². The molecule has 0 atom stereocenters. The molecule has 3 heterocycles. The van der Waals surface area contributed by atoms with Crippen LogP contribution < -0.4 is 5.56 Å². The highest BCUT2D eigenvalue weighted by atomic mass is 35.5. The lowest BCUT2D eigenvalue weighted by Gasteiger charge is -2.09. The Morgan fingerprint density at radius 2 is 2.10 bits per heavy atom. The van der Waals surface area contributed by atoms with Crippen molar-refractivity contribution < 1.29 is 14.3 Å². The molecule has 1 aliphatic carbocycles. The second-order valence-electron chi connectivity index (χ2n) is 7.23. The first-order valence-corrected chi connectivity index (χ1v) is 10.9. The summed E-state index contributed by atoms with van der Waals surface area (Å²) >= 11 is 7.63. The van der Waals surface area contributed by atoms with E-state index in [0.29, 0.717) is 22.5 Å². The number of aromatic carboxylic acids is 1. The van der Waals surface area contributed by atoms with Gasteiger partial charge in [-0.15, -0.1) is 11.3 Å². The van der Waals surface area contributed by atoms with E-state index >= 15 is 0 Å². The number of aromatic nitrogens is 2. The zero-order valence-corrected chi connectivity index (χ0v) is 17.7. The maximum absolute atomic E-state index is 13.0. The quantitative estimate of drug-likeness (QED) is 0.446. The number of thiophene rings is 1. The predicted octanol–water partition coefficient (Wildman–Crippen LogP) is 4.83. The summed E-state index contributed by atoms with van der Waals surface area (Å²) in [5.74, 6) is -0.146. The zero-order chi connectivity index (χ0) is 21.5. The van der Waals surface area contributed by atoms with Gasteiger partial charge in [-0.2, -0.15) is 9.78 Å². The van der Waals surface area contributed by atoms with Gasteiger partial charge in [-0.05, 0) is 55.5 Å². The van der Waals surface area contributed by atoms with E-state index in [1.54, 1.807) is 29.5 Å². The highest BCUT2D eigenvalue weighted by molar-refractivity contribution is 7.18. The van der Waals surface area contributed by atoms with Gasteiger partial charge in [0.2, 0.25) is 0 Å². The third kappa shape index (κ3) is 3.58. The minimum Gasteiger partial charge on any atom is -0.478 e. The molecule has 0 saturated heterocycles. The monoisotopic (exact) mass is 453 g/mol. The highest BCUT2D eigenvalue weighted by Gasteiger charge is 2.20. The molecular formula is C22H16ClN3O4S. The third-order valence-electron chi connectivity index (χ3n) is 5.28. The summed E-state index contributed by atoms with van der Waals surface area (Å²) in [5.41, 5.74) is 1.61. The van der Waals surface area contributed by atoms with Crippen LogP contribution >= 0.6 is 22.9 Å². The Kier molecular flexibility index (Phi) is 4.95.